The van der Waals surface area contributed by atoms with E-state index in [0.717, 1.165) is 88.9 Å². The third kappa shape index (κ3) is 43.4. The van der Waals surface area contributed by atoms with E-state index in [0.29, 0.717) is 13.2 Å². The molecule has 0 spiro atoms. The van der Waals surface area contributed by atoms with Gasteiger partial charge < -0.3 is 33.2 Å². The lowest BCUT2D eigenvalue weighted by atomic mass is 10.1. The minimum Gasteiger partial charge on any atom is -0.353 e. The van der Waals surface area contributed by atoms with Crippen molar-refractivity contribution in [1.29, 1.82) is 0 Å². The monoisotopic (exact) mass is 1020 g/mol. The summed E-state index contributed by atoms with van der Waals surface area (Å²) in [6.45, 7) is 13.0. The van der Waals surface area contributed by atoms with Gasteiger partial charge in [-0.3, -0.25) is 0 Å². The highest BCUT2D eigenvalue weighted by Crippen LogP contribution is 2.18. The predicted molar refractivity (Wildman–Crippen MR) is 310 cm³/mol. The molecule has 0 bridgehead atoms. The molecule has 0 fully saturated rings. The minimum atomic E-state index is -0.627. The van der Waals surface area contributed by atoms with E-state index in [2.05, 4.69) is 64.1 Å². The lowest BCUT2D eigenvalue weighted by Crippen LogP contribution is -2.24. The third-order valence-electron chi connectivity index (χ3n) is 13.7. The molecular weight excluding hydrogens is 905 g/mol. The van der Waals surface area contributed by atoms with Gasteiger partial charge in [0.25, 0.3) is 0 Å². The van der Waals surface area contributed by atoms with Crippen molar-refractivity contribution >= 4 is 0 Å². The average Bonchev–Trinajstić information content (AvgIpc) is 3.41. The topological polar surface area (TPSA) is 64.6 Å². The molecule has 2 unspecified atom stereocenters. The van der Waals surface area contributed by atoms with Gasteiger partial charge in [-0.1, -0.05) is 280 Å². The average molecular weight is 1020 g/mol. The van der Waals surface area contributed by atoms with Crippen molar-refractivity contribution in [2.75, 3.05) is 26.4 Å². The maximum Gasteiger partial charge on any atom is 0.180 e. The molecule has 0 saturated heterocycles. The second-order valence-electron chi connectivity index (χ2n) is 20.7. The number of ether oxygens (including phenoxy) is 7. The Bertz CT molecular complexity index is 1280. The van der Waals surface area contributed by atoms with Crippen molar-refractivity contribution < 1.29 is 33.2 Å². The van der Waals surface area contributed by atoms with Crippen LogP contribution in [0.1, 0.15) is 270 Å². The number of hydrogen-bond donors (Lipinski definition) is 0. The Hall–Kier alpha value is -2.36. The lowest BCUT2D eigenvalue weighted by Gasteiger charge is -2.22. The van der Waals surface area contributed by atoms with Crippen LogP contribution >= 0.6 is 0 Å². The molecule has 0 aliphatic heterocycles. The summed E-state index contributed by atoms with van der Waals surface area (Å²) >= 11 is 0. The number of unbranched alkanes of at least 4 members (excludes halogenated alkanes) is 28. The smallest absolute Gasteiger partial charge is 0.180 e. The van der Waals surface area contributed by atoms with Gasteiger partial charge in [-0.25, -0.2) is 0 Å². The number of benzene rings is 2. The summed E-state index contributed by atoms with van der Waals surface area (Å²) in [4.78, 5) is 0. The standard InChI is InChI=1S/C66H114O7/c1-5-9-13-17-21-25-29-43-55-67-63(68-56-44-30-26-22-18-14-10-6-2)51-39-41-53-65(71-59-61-47-35-33-36-48-61)73-66(72-60-62-49-37-34-38-50-62)54-42-40-52-64(69-57-45-31-27-23-19-15-11-7-3)70-58-46-32-28-24-20-16-12-8-4/h33-38,41-42,47-50,53-54,63-66H,5-32,39-40,43-46,51-52,55-60H2,1-4H3. The lowest BCUT2D eigenvalue weighted by molar-refractivity contribution is -0.215. The van der Waals surface area contributed by atoms with Gasteiger partial charge in [0.15, 0.2) is 25.2 Å². The van der Waals surface area contributed by atoms with Crippen LogP contribution in [0.15, 0.2) is 85.0 Å². The molecule has 0 heterocycles. The van der Waals surface area contributed by atoms with Gasteiger partial charge in [0.1, 0.15) is 0 Å². The van der Waals surface area contributed by atoms with Gasteiger partial charge >= 0.3 is 0 Å². The van der Waals surface area contributed by atoms with E-state index in [-0.39, 0.29) is 12.6 Å². The molecule has 2 rings (SSSR count). The first-order valence-corrected chi connectivity index (χ1v) is 30.9. The van der Waals surface area contributed by atoms with Gasteiger partial charge in [0.05, 0.1) is 13.2 Å². The first-order valence-electron chi connectivity index (χ1n) is 30.9. The van der Waals surface area contributed by atoms with Crippen LogP contribution in [0, 0.1) is 0 Å². The molecule has 2 aromatic rings. The summed E-state index contributed by atoms with van der Waals surface area (Å²) in [5.74, 6) is 0. The fourth-order valence-corrected chi connectivity index (χ4v) is 9.03. The van der Waals surface area contributed by atoms with Crippen molar-refractivity contribution in [3.63, 3.8) is 0 Å². The zero-order valence-corrected chi connectivity index (χ0v) is 47.9. The van der Waals surface area contributed by atoms with Crippen LogP contribution in [0.25, 0.3) is 0 Å². The number of rotatable bonds is 56. The van der Waals surface area contributed by atoms with Crippen molar-refractivity contribution in [2.24, 2.45) is 0 Å². The molecule has 0 N–H and O–H groups in total. The first kappa shape index (κ1) is 66.8. The van der Waals surface area contributed by atoms with Crippen molar-refractivity contribution in [3.8, 4) is 0 Å². The van der Waals surface area contributed by atoms with E-state index in [1.165, 1.54) is 180 Å². The number of allylic oxidation sites excluding steroid dienone is 2. The third-order valence-corrected chi connectivity index (χ3v) is 13.7. The SMILES string of the molecule is CCCCCCCCCCOC(CCC=CC(OCc1ccccc1)OC(C=CCCC(OCCCCCCCCCC)OCCCCCCCCCC)OCc1ccccc1)OCCCCCCCCCC. The van der Waals surface area contributed by atoms with Gasteiger partial charge in [-0.2, -0.15) is 0 Å². The maximum atomic E-state index is 6.70. The molecule has 0 amide bonds. The zero-order chi connectivity index (χ0) is 52.0. The van der Waals surface area contributed by atoms with Crippen LogP contribution in [-0.2, 0) is 46.4 Å². The molecule has 0 aromatic heterocycles. The Morgan fingerprint density at radius 2 is 0.575 bits per heavy atom. The van der Waals surface area contributed by atoms with Crippen molar-refractivity contribution in [1.82, 2.24) is 0 Å². The summed E-state index contributed by atoms with van der Waals surface area (Å²) in [6.07, 6.45) is 51.0. The van der Waals surface area contributed by atoms with E-state index in [4.69, 9.17) is 33.2 Å². The largest absolute Gasteiger partial charge is 0.353 e. The van der Waals surface area contributed by atoms with Gasteiger partial charge in [0.2, 0.25) is 0 Å². The van der Waals surface area contributed by atoms with E-state index in [1.807, 2.05) is 48.6 Å². The van der Waals surface area contributed by atoms with Gasteiger partial charge in [-0.05, 0) is 61.8 Å². The Balaban J connectivity index is 2.10. The van der Waals surface area contributed by atoms with E-state index >= 15 is 0 Å². The van der Waals surface area contributed by atoms with Crippen LogP contribution in [0.4, 0.5) is 0 Å². The van der Waals surface area contributed by atoms with Gasteiger partial charge in [-0.15, -0.1) is 0 Å². The summed E-state index contributed by atoms with van der Waals surface area (Å²) < 4.78 is 45.4. The molecule has 420 valence electrons. The normalized spacial score (nSPS) is 12.9. The fourth-order valence-electron chi connectivity index (χ4n) is 9.03. The van der Waals surface area contributed by atoms with Crippen LogP contribution in [0.2, 0.25) is 0 Å². The highest BCUT2D eigenvalue weighted by atomic mass is 16.8. The maximum absolute atomic E-state index is 6.70. The molecule has 73 heavy (non-hydrogen) atoms. The Morgan fingerprint density at radius 3 is 0.849 bits per heavy atom. The Kier molecular flexibility index (Phi) is 48.5. The van der Waals surface area contributed by atoms with Crippen LogP contribution < -0.4 is 0 Å². The molecule has 7 nitrogen and oxygen atoms in total. The second-order valence-corrected chi connectivity index (χ2v) is 20.7. The van der Waals surface area contributed by atoms with Crippen molar-refractivity contribution in [2.45, 2.75) is 297 Å². The molecule has 0 aliphatic carbocycles. The highest BCUT2D eigenvalue weighted by Gasteiger charge is 2.16. The Labute approximate surface area is 451 Å². The van der Waals surface area contributed by atoms with Crippen LogP contribution in [0.5, 0.6) is 0 Å². The summed E-state index contributed by atoms with van der Waals surface area (Å²) in [5.41, 5.74) is 2.19. The molecule has 2 aromatic carbocycles. The minimum absolute atomic E-state index is 0.217. The fraction of sp³-hybridized carbons (Fsp3) is 0.758. The highest BCUT2D eigenvalue weighted by molar-refractivity contribution is 5.14. The molecule has 0 saturated carbocycles. The predicted octanol–water partition coefficient (Wildman–Crippen LogP) is 20.0. The summed E-state index contributed by atoms with van der Waals surface area (Å²) in [7, 11) is 0. The number of hydrogen-bond acceptors (Lipinski definition) is 7. The molecule has 0 radical (unpaired) electrons. The molecule has 2 atom stereocenters. The van der Waals surface area contributed by atoms with E-state index in [1.54, 1.807) is 0 Å². The molecule has 7 heteroatoms. The van der Waals surface area contributed by atoms with Crippen molar-refractivity contribution in [3.05, 3.63) is 96.1 Å². The van der Waals surface area contributed by atoms with Crippen LogP contribution in [-0.4, -0.2) is 51.6 Å². The zero-order valence-electron chi connectivity index (χ0n) is 47.9. The van der Waals surface area contributed by atoms with E-state index < -0.39 is 12.6 Å². The molecule has 0 aliphatic rings. The summed E-state index contributed by atoms with van der Waals surface area (Å²) in [5, 5.41) is 0. The molecular formula is C66H114O7. The van der Waals surface area contributed by atoms with E-state index in [9.17, 15) is 0 Å². The quantitative estimate of drug-likeness (QED) is 0.0372. The summed E-state index contributed by atoms with van der Waals surface area (Å²) in [6, 6.07) is 20.6. The second kappa shape index (κ2) is 53.1. The van der Waals surface area contributed by atoms with Crippen LogP contribution in [0.3, 0.4) is 0 Å². The first-order chi connectivity index (χ1) is 36.2. The van der Waals surface area contributed by atoms with Gasteiger partial charge in [0, 0.05) is 39.3 Å². The Morgan fingerprint density at radius 1 is 0.315 bits per heavy atom.